The first-order chi connectivity index (χ1) is 10.2. The van der Waals surface area contributed by atoms with Crippen molar-refractivity contribution in [3.63, 3.8) is 0 Å². The van der Waals surface area contributed by atoms with Crippen LogP contribution < -0.4 is 21.3 Å². The van der Waals surface area contributed by atoms with Gasteiger partial charge in [0.15, 0.2) is 0 Å². The van der Waals surface area contributed by atoms with Crippen molar-refractivity contribution in [1.82, 2.24) is 10.6 Å². The molecule has 1 aromatic carbocycles. The third-order valence-electron chi connectivity index (χ3n) is 2.27. The molecule has 1 aromatic rings. The average molecular weight is 307 g/mol. The first-order valence-corrected chi connectivity index (χ1v) is 6.64. The van der Waals surface area contributed by atoms with Crippen LogP contribution >= 0.6 is 0 Å². The molecule has 0 aliphatic rings. The number of alkyl carbamates (subject to hydrolysis) is 1. The van der Waals surface area contributed by atoms with Crippen LogP contribution in [0, 0.1) is 5.41 Å². The largest absolute Gasteiger partial charge is 0.444 e. The molecular formula is C14H21N5O3. The Balaban J connectivity index is 2.51. The van der Waals surface area contributed by atoms with Gasteiger partial charge in [-0.25, -0.2) is 9.59 Å². The zero-order valence-electron chi connectivity index (χ0n) is 13.0. The zero-order valence-corrected chi connectivity index (χ0v) is 13.0. The summed E-state index contributed by atoms with van der Waals surface area (Å²) >= 11 is 0. The first-order valence-electron chi connectivity index (χ1n) is 6.64. The van der Waals surface area contributed by atoms with Crippen molar-refractivity contribution in [3.05, 3.63) is 24.3 Å². The Morgan fingerprint density at radius 2 is 1.55 bits per heavy atom. The molecule has 0 fully saturated rings. The lowest BCUT2D eigenvalue weighted by atomic mass is 10.2. The zero-order chi connectivity index (χ0) is 16.8. The second-order valence-corrected chi connectivity index (χ2v) is 5.41. The van der Waals surface area contributed by atoms with E-state index >= 15 is 0 Å². The first kappa shape index (κ1) is 17.3. The Morgan fingerprint density at radius 3 is 2.00 bits per heavy atom. The highest BCUT2D eigenvalue weighted by atomic mass is 16.6. The summed E-state index contributed by atoms with van der Waals surface area (Å²) in [4.78, 5) is 22.6. The number of ether oxygens (including phenoxy) is 1. The summed E-state index contributed by atoms with van der Waals surface area (Å²) in [6.45, 7) is 5.21. The van der Waals surface area contributed by atoms with Gasteiger partial charge in [0.2, 0.25) is 5.96 Å². The molecular weight excluding hydrogens is 286 g/mol. The number of carbonyl (C=O) groups is 2. The summed E-state index contributed by atoms with van der Waals surface area (Å²) in [5, 5.41) is 17.7. The van der Waals surface area contributed by atoms with E-state index in [2.05, 4.69) is 21.3 Å². The molecule has 22 heavy (non-hydrogen) atoms. The molecule has 3 amide bonds. The Bertz CT molecular complexity index is 549. The minimum Gasteiger partial charge on any atom is -0.444 e. The van der Waals surface area contributed by atoms with Crippen LogP contribution in [-0.4, -0.2) is 30.7 Å². The molecule has 0 saturated heterocycles. The lowest BCUT2D eigenvalue weighted by molar-refractivity contribution is 0.0563. The summed E-state index contributed by atoms with van der Waals surface area (Å²) in [5.74, 6) is -0.207. The van der Waals surface area contributed by atoms with Gasteiger partial charge in [-0.05, 0) is 45.0 Å². The topological polar surface area (TPSA) is 115 Å². The number of benzene rings is 1. The van der Waals surface area contributed by atoms with Crippen LogP contribution in [0.15, 0.2) is 24.3 Å². The van der Waals surface area contributed by atoms with Crippen LogP contribution in [0.4, 0.5) is 21.0 Å². The monoisotopic (exact) mass is 307 g/mol. The number of hydrogen-bond acceptors (Lipinski definition) is 4. The molecule has 0 aliphatic carbocycles. The quantitative estimate of drug-likeness (QED) is 0.426. The molecule has 0 saturated carbocycles. The lowest BCUT2D eigenvalue weighted by Crippen LogP contribution is -2.39. The predicted octanol–water partition coefficient (Wildman–Crippen LogP) is 2.31. The van der Waals surface area contributed by atoms with Gasteiger partial charge in [0, 0.05) is 18.4 Å². The fourth-order valence-corrected chi connectivity index (χ4v) is 1.41. The van der Waals surface area contributed by atoms with E-state index in [1.54, 1.807) is 45.0 Å². The molecule has 0 unspecified atom stereocenters. The summed E-state index contributed by atoms with van der Waals surface area (Å²) in [6, 6.07) is 6.34. The summed E-state index contributed by atoms with van der Waals surface area (Å²) in [5.41, 5.74) is 0.567. The van der Waals surface area contributed by atoms with Gasteiger partial charge in [-0.1, -0.05) is 0 Å². The number of hydrogen-bond donors (Lipinski definition) is 5. The maximum Gasteiger partial charge on any atom is 0.414 e. The highest BCUT2D eigenvalue weighted by Crippen LogP contribution is 2.13. The van der Waals surface area contributed by atoms with E-state index in [1.807, 2.05) is 0 Å². The van der Waals surface area contributed by atoms with Crippen molar-refractivity contribution in [2.24, 2.45) is 0 Å². The van der Waals surface area contributed by atoms with Crippen LogP contribution in [0.25, 0.3) is 0 Å². The van der Waals surface area contributed by atoms with Crippen molar-refractivity contribution < 1.29 is 14.3 Å². The second-order valence-electron chi connectivity index (χ2n) is 5.41. The van der Waals surface area contributed by atoms with Crippen LogP contribution in [0.2, 0.25) is 0 Å². The van der Waals surface area contributed by atoms with E-state index in [-0.39, 0.29) is 12.0 Å². The van der Waals surface area contributed by atoms with Crippen LogP contribution in [0.5, 0.6) is 0 Å². The third-order valence-corrected chi connectivity index (χ3v) is 2.27. The lowest BCUT2D eigenvalue weighted by Gasteiger charge is -2.20. The van der Waals surface area contributed by atoms with Gasteiger partial charge in [-0.3, -0.25) is 10.7 Å². The van der Waals surface area contributed by atoms with Crippen molar-refractivity contribution in [1.29, 1.82) is 5.41 Å². The van der Waals surface area contributed by atoms with Crippen LogP contribution in [0.3, 0.4) is 0 Å². The van der Waals surface area contributed by atoms with Crippen molar-refractivity contribution in [3.8, 4) is 0 Å². The molecule has 0 atom stereocenters. The van der Waals surface area contributed by atoms with Crippen molar-refractivity contribution in [2.45, 2.75) is 26.4 Å². The predicted molar refractivity (Wildman–Crippen MR) is 85.2 cm³/mol. The Labute approximate surface area is 129 Å². The Kier molecular flexibility index (Phi) is 5.73. The fraction of sp³-hybridized carbons (Fsp3) is 0.357. The minimum atomic E-state index is -0.706. The van der Waals surface area contributed by atoms with Gasteiger partial charge in [0.25, 0.3) is 0 Å². The van der Waals surface area contributed by atoms with Crippen molar-refractivity contribution >= 4 is 29.5 Å². The van der Waals surface area contributed by atoms with Crippen LogP contribution in [0.1, 0.15) is 20.8 Å². The van der Waals surface area contributed by atoms with Gasteiger partial charge in [0.05, 0.1) is 0 Å². The van der Waals surface area contributed by atoms with Gasteiger partial charge < -0.3 is 20.7 Å². The average Bonchev–Trinajstić information content (AvgIpc) is 2.38. The van der Waals surface area contributed by atoms with Gasteiger partial charge in [-0.15, -0.1) is 0 Å². The number of guanidine groups is 1. The maximum absolute atomic E-state index is 11.5. The minimum absolute atomic E-state index is 0.207. The molecule has 0 heterocycles. The van der Waals surface area contributed by atoms with E-state index in [1.165, 1.54) is 7.05 Å². The van der Waals surface area contributed by atoms with Gasteiger partial charge >= 0.3 is 12.1 Å². The SMILES string of the molecule is CNC(=O)Nc1ccc(NC(=N)NC(=O)OC(C)(C)C)cc1. The number of carbonyl (C=O) groups excluding carboxylic acids is 2. The number of nitrogens with one attached hydrogen (secondary N) is 5. The molecule has 0 aliphatic heterocycles. The number of anilines is 2. The van der Waals surface area contributed by atoms with E-state index < -0.39 is 11.7 Å². The molecule has 1 rings (SSSR count). The normalized spacial score (nSPS) is 10.4. The molecule has 0 bridgehead atoms. The molecule has 120 valence electrons. The van der Waals surface area contributed by atoms with E-state index in [0.717, 1.165) is 0 Å². The van der Waals surface area contributed by atoms with Gasteiger partial charge in [0.1, 0.15) is 5.60 Å². The fourth-order valence-electron chi connectivity index (χ4n) is 1.41. The molecule has 8 heteroatoms. The molecule has 0 spiro atoms. The third kappa shape index (κ3) is 6.60. The molecule has 8 nitrogen and oxygen atoms in total. The van der Waals surface area contributed by atoms with Crippen molar-refractivity contribution in [2.75, 3.05) is 17.7 Å². The highest BCUT2D eigenvalue weighted by molar-refractivity contribution is 6.00. The maximum atomic E-state index is 11.5. The second kappa shape index (κ2) is 7.30. The van der Waals surface area contributed by atoms with E-state index in [9.17, 15) is 9.59 Å². The molecule has 5 N–H and O–H groups in total. The summed E-state index contributed by atoms with van der Waals surface area (Å²) < 4.78 is 5.04. The van der Waals surface area contributed by atoms with Crippen LogP contribution in [-0.2, 0) is 4.74 Å². The number of rotatable bonds is 2. The standard InChI is InChI=1S/C14H21N5O3/c1-14(2,3)22-13(21)19-11(15)17-9-5-7-10(8-6-9)18-12(20)16-4/h5-8H,1-4H3,(H2,16,18,20)(H3,15,17,19,21). The smallest absolute Gasteiger partial charge is 0.414 e. The Morgan fingerprint density at radius 1 is 1.05 bits per heavy atom. The Hall–Kier alpha value is -2.77. The number of urea groups is 1. The van der Waals surface area contributed by atoms with Gasteiger partial charge in [-0.2, -0.15) is 0 Å². The summed E-state index contributed by atoms with van der Waals surface area (Å²) in [7, 11) is 1.52. The summed E-state index contributed by atoms with van der Waals surface area (Å²) in [6.07, 6.45) is -0.706. The number of amides is 3. The molecule has 0 aromatic heterocycles. The van der Waals surface area contributed by atoms with E-state index in [4.69, 9.17) is 10.1 Å². The molecule has 0 radical (unpaired) electrons. The van der Waals surface area contributed by atoms with E-state index in [0.29, 0.717) is 11.4 Å². The highest BCUT2D eigenvalue weighted by Gasteiger charge is 2.16.